The van der Waals surface area contributed by atoms with E-state index in [4.69, 9.17) is 0 Å². The van der Waals surface area contributed by atoms with E-state index in [9.17, 15) is 10.1 Å². The third kappa shape index (κ3) is 3.01. The smallest absolute Gasteiger partial charge is 0.293 e. The molecule has 0 radical (unpaired) electrons. The van der Waals surface area contributed by atoms with Crippen LogP contribution in [-0.2, 0) is 13.0 Å². The highest BCUT2D eigenvalue weighted by atomic mass is 127. The number of anilines is 2. The molecule has 1 aliphatic rings. The van der Waals surface area contributed by atoms with Crippen molar-refractivity contribution in [2.24, 2.45) is 0 Å². The topological polar surface area (TPSA) is 67.2 Å². The van der Waals surface area contributed by atoms with Gasteiger partial charge in [0.05, 0.1) is 4.92 Å². The Morgan fingerprint density at radius 3 is 2.90 bits per heavy atom. The lowest BCUT2D eigenvalue weighted by Gasteiger charge is -2.21. The number of rotatable bonds is 3. The quantitative estimate of drug-likeness (QED) is 0.474. The Labute approximate surface area is 136 Å². The maximum Gasteiger partial charge on any atom is 0.293 e. The van der Waals surface area contributed by atoms with Crippen LogP contribution in [-0.4, -0.2) is 11.5 Å². The number of hydrogen-bond acceptors (Lipinski definition) is 4. The van der Waals surface area contributed by atoms with Crippen LogP contribution in [0.3, 0.4) is 0 Å². The highest BCUT2D eigenvalue weighted by molar-refractivity contribution is 14.1. The van der Waals surface area contributed by atoms with E-state index in [-0.39, 0.29) is 10.6 Å². The van der Waals surface area contributed by atoms with Crippen LogP contribution in [0.1, 0.15) is 11.1 Å². The van der Waals surface area contributed by atoms with Crippen LogP contribution in [0.15, 0.2) is 36.4 Å². The molecule has 0 unspecified atom stereocenters. The lowest BCUT2D eigenvalue weighted by atomic mass is 9.99. The maximum atomic E-state index is 11.2. The molecule has 0 saturated heterocycles. The fourth-order valence-corrected chi connectivity index (χ4v) is 3.03. The van der Waals surface area contributed by atoms with Crippen molar-refractivity contribution in [3.63, 3.8) is 0 Å². The zero-order valence-corrected chi connectivity index (χ0v) is 13.4. The molecular weight excluding hydrogens is 381 g/mol. The summed E-state index contributed by atoms with van der Waals surface area (Å²) in [6, 6.07) is 11.3. The zero-order valence-electron chi connectivity index (χ0n) is 11.2. The van der Waals surface area contributed by atoms with Crippen molar-refractivity contribution < 1.29 is 4.92 Å². The van der Waals surface area contributed by atoms with Crippen molar-refractivity contribution in [1.82, 2.24) is 5.32 Å². The van der Waals surface area contributed by atoms with Crippen molar-refractivity contribution in [3.05, 3.63) is 61.2 Å². The lowest BCUT2D eigenvalue weighted by molar-refractivity contribution is -0.384. The largest absolute Gasteiger partial charge is 0.350 e. The van der Waals surface area contributed by atoms with Gasteiger partial charge in [0.25, 0.3) is 5.69 Å². The van der Waals surface area contributed by atoms with E-state index >= 15 is 0 Å². The van der Waals surface area contributed by atoms with Crippen LogP contribution >= 0.6 is 22.6 Å². The van der Waals surface area contributed by atoms with Crippen molar-refractivity contribution in [2.45, 2.75) is 13.0 Å². The number of nitrogens with one attached hydrogen (secondary N) is 2. The predicted octanol–water partition coefficient (Wildman–Crippen LogP) is 3.59. The van der Waals surface area contributed by atoms with Gasteiger partial charge in [0.2, 0.25) is 0 Å². The number of nitrogens with zero attached hydrogens (tertiary/aromatic N) is 1. The second-order valence-electron chi connectivity index (χ2n) is 4.91. The molecular formula is C15H14IN3O2. The molecule has 5 nitrogen and oxygen atoms in total. The summed E-state index contributed by atoms with van der Waals surface area (Å²) in [6.45, 7) is 1.78. The van der Waals surface area contributed by atoms with Gasteiger partial charge in [0, 0.05) is 21.9 Å². The number of halogens is 1. The molecule has 0 spiro atoms. The van der Waals surface area contributed by atoms with Gasteiger partial charge in [-0.3, -0.25) is 10.1 Å². The van der Waals surface area contributed by atoms with Crippen LogP contribution in [0.5, 0.6) is 0 Å². The minimum atomic E-state index is -0.346. The minimum Gasteiger partial charge on any atom is -0.350 e. The van der Waals surface area contributed by atoms with E-state index in [2.05, 4.69) is 39.3 Å². The first-order valence-corrected chi connectivity index (χ1v) is 7.75. The predicted molar refractivity (Wildman–Crippen MR) is 90.9 cm³/mol. The Balaban J connectivity index is 2.00. The molecule has 1 heterocycles. The fourth-order valence-electron chi connectivity index (χ4n) is 2.56. The van der Waals surface area contributed by atoms with Crippen molar-refractivity contribution in [3.8, 4) is 0 Å². The molecule has 108 valence electrons. The zero-order chi connectivity index (χ0) is 14.8. The molecule has 2 aromatic rings. The van der Waals surface area contributed by atoms with Crippen LogP contribution < -0.4 is 10.6 Å². The summed E-state index contributed by atoms with van der Waals surface area (Å²) in [7, 11) is 0. The second-order valence-corrected chi connectivity index (χ2v) is 6.16. The number of fused-ring (bicyclic) bond motifs is 1. The molecule has 0 atom stereocenters. The molecule has 3 rings (SSSR count). The Morgan fingerprint density at radius 2 is 2.10 bits per heavy atom. The molecule has 0 bridgehead atoms. The van der Waals surface area contributed by atoms with Gasteiger partial charge < -0.3 is 10.6 Å². The molecule has 0 fully saturated rings. The first-order valence-electron chi connectivity index (χ1n) is 6.67. The average Bonchev–Trinajstić information content (AvgIpc) is 2.49. The SMILES string of the molecule is O=[N+]([O-])c1cc(I)ccc1Nc1cccc2c1CCNC2. The van der Waals surface area contributed by atoms with Crippen LogP contribution in [0.4, 0.5) is 17.1 Å². The van der Waals surface area contributed by atoms with Gasteiger partial charge in [-0.2, -0.15) is 0 Å². The van der Waals surface area contributed by atoms with Crippen LogP contribution in [0.2, 0.25) is 0 Å². The first-order chi connectivity index (χ1) is 10.1. The Morgan fingerprint density at radius 1 is 1.24 bits per heavy atom. The standard InChI is InChI=1S/C15H14IN3O2/c16-11-4-5-14(15(8-11)19(20)21)18-13-3-1-2-10-9-17-7-6-12(10)13/h1-5,8,17-18H,6-7,9H2. The molecule has 1 aliphatic heterocycles. The molecule has 0 aliphatic carbocycles. The summed E-state index contributed by atoms with van der Waals surface area (Å²) in [5.74, 6) is 0. The van der Waals surface area contributed by atoms with E-state index in [0.717, 1.165) is 28.8 Å². The van der Waals surface area contributed by atoms with Gasteiger partial charge in [-0.05, 0) is 64.9 Å². The van der Waals surface area contributed by atoms with Crippen molar-refractivity contribution in [1.29, 1.82) is 0 Å². The number of hydrogen-bond donors (Lipinski definition) is 2. The fraction of sp³-hybridized carbons (Fsp3) is 0.200. The van der Waals surface area contributed by atoms with Gasteiger partial charge in [-0.25, -0.2) is 0 Å². The molecule has 0 aromatic heterocycles. The molecule has 0 amide bonds. The van der Waals surface area contributed by atoms with Crippen LogP contribution in [0, 0.1) is 13.7 Å². The van der Waals surface area contributed by atoms with Gasteiger partial charge >= 0.3 is 0 Å². The van der Waals surface area contributed by atoms with Gasteiger partial charge in [-0.15, -0.1) is 0 Å². The summed E-state index contributed by atoms with van der Waals surface area (Å²) in [4.78, 5) is 10.9. The molecule has 6 heteroatoms. The summed E-state index contributed by atoms with van der Waals surface area (Å²) in [6.07, 6.45) is 0.927. The average molecular weight is 395 g/mol. The molecule has 21 heavy (non-hydrogen) atoms. The number of benzene rings is 2. The summed E-state index contributed by atoms with van der Waals surface area (Å²) in [5, 5.41) is 17.8. The van der Waals surface area contributed by atoms with E-state index < -0.39 is 0 Å². The number of nitro groups is 1. The summed E-state index contributed by atoms with van der Waals surface area (Å²) < 4.78 is 0.851. The highest BCUT2D eigenvalue weighted by Gasteiger charge is 2.17. The van der Waals surface area contributed by atoms with Crippen molar-refractivity contribution in [2.75, 3.05) is 11.9 Å². The highest BCUT2D eigenvalue weighted by Crippen LogP contribution is 2.32. The number of nitro benzene ring substituents is 1. The molecule has 0 saturated carbocycles. The van der Waals surface area contributed by atoms with E-state index in [1.54, 1.807) is 12.1 Å². The second kappa shape index (κ2) is 5.98. The van der Waals surface area contributed by atoms with E-state index in [1.165, 1.54) is 11.1 Å². The first kappa shape index (κ1) is 14.3. The third-order valence-electron chi connectivity index (χ3n) is 3.57. The lowest BCUT2D eigenvalue weighted by Crippen LogP contribution is -2.24. The van der Waals surface area contributed by atoms with Gasteiger partial charge in [-0.1, -0.05) is 12.1 Å². The maximum absolute atomic E-state index is 11.2. The molecule has 2 aromatic carbocycles. The van der Waals surface area contributed by atoms with Gasteiger partial charge in [0.1, 0.15) is 5.69 Å². The summed E-state index contributed by atoms with van der Waals surface area (Å²) >= 11 is 2.08. The summed E-state index contributed by atoms with van der Waals surface area (Å²) in [5.41, 5.74) is 4.09. The third-order valence-corrected chi connectivity index (χ3v) is 4.24. The van der Waals surface area contributed by atoms with E-state index in [0.29, 0.717) is 5.69 Å². The molecule has 2 N–H and O–H groups in total. The minimum absolute atomic E-state index is 0.105. The Kier molecular flexibility index (Phi) is 4.07. The van der Waals surface area contributed by atoms with E-state index in [1.807, 2.05) is 18.2 Å². The Hall–Kier alpha value is -1.67. The normalized spacial score (nSPS) is 13.6. The van der Waals surface area contributed by atoms with Crippen molar-refractivity contribution >= 4 is 39.7 Å². The van der Waals surface area contributed by atoms with Crippen LogP contribution in [0.25, 0.3) is 0 Å². The van der Waals surface area contributed by atoms with Gasteiger partial charge in [0.15, 0.2) is 0 Å². The monoisotopic (exact) mass is 395 g/mol. The Bertz CT molecular complexity index is 703.